The van der Waals surface area contributed by atoms with E-state index in [1.807, 2.05) is 24.3 Å². The summed E-state index contributed by atoms with van der Waals surface area (Å²) in [7, 11) is 0. The van der Waals surface area contributed by atoms with Crippen LogP contribution in [-0.2, 0) is 17.7 Å². The number of anilines is 2. The molecule has 0 saturated carbocycles. The second-order valence-corrected chi connectivity index (χ2v) is 9.03. The van der Waals surface area contributed by atoms with Crippen LogP contribution in [0.1, 0.15) is 10.4 Å². The molecule has 4 rings (SSSR count). The number of fused-ring (bicyclic) bond motifs is 2. The second-order valence-electron chi connectivity index (χ2n) is 6.24. The van der Waals surface area contributed by atoms with Gasteiger partial charge in [0.25, 0.3) is 0 Å². The molecule has 8 heteroatoms. The first-order chi connectivity index (χ1) is 12.7. The quantitative estimate of drug-likeness (QED) is 0.669. The van der Waals surface area contributed by atoms with E-state index in [1.54, 1.807) is 11.3 Å². The van der Waals surface area contributed by atoms with Gasteiger partial charge < -0.3 is 20.5 Å². The Morgan fingerprint density at radius 1 is 1.35 bits per heavy atom. The summed E-state index contributed by atoms with van der Waals surface area (Å²) in [5.74, 6) is 2.07. The first kappa shape index (κ1) is 17.5. The maximum atomic E-state index is 12.5. The molecule has 0 amide bonds. The Labute approximate surface area is 159 Å². The van der Waals surface area contributed by atoms with E-state index in [0.717, 1.165) is 26.5 Å². The van der Waals surface area contributed by atoms with Gasteiger partial charge in [-0.1, -0.05) is 18.2 Å². The van der Waals surface area contributed by atoms with Crippen molar-refractivity contribution in [2.24, 2.45) is 5.73 Å². The Hall–Kier alpha value is -1.87. The van der Waals surface area contributed by atoms with Gasteiger partial charge in [-0.05, 0) is 30.2 Å². The highest BCUT2D eigenvalue weighted by atomic mass is 32.2. The van der Waals surface area contributed by atoms with Crippen LogP contribution in [0.15, 0.2) is 35.2 Å². The zero-order valence-corrected chi connectivity index (χ0v) is 16.2. The molecule has 1 aliphatic rings. The smallest absolute Gasteiger partial charge is 0.228 e. The van der Waals surface area contributed by atoms with Gasteiger partial charge in [-0.25, -0.2) is 4.98 Å². The lowest BCUT2D eigenvalue weighted by molar-refractivity contribution is 0.595. The van der Waals surface area contributed by atoms with Crippen LogP contribution >= 0.6 is 11.3 Å². The minimum absolute atomic E-state index is 0.543. The second kappa shape index (κ2) is 7.40. The molecule has 0 radical (unpaired) electrons. The molecule has 1 unspecified atom stereocenters. The maximum Gasteiger partial charge on any atom is 0.228 e. The Bertz CT molecular complexity index is 929. The van der Waals surface area contributed by atoms with Crippen LogP contribution in [-0.4, -0.2) is 39.9 Å². The fraction of sp³-hybridized carbons (Fsp3) is 0.333. The molecule has 26 heavy (non-hydrogen) atoms. The van der Waals surface area contributed by atoms with Gasteiger partial charge in [0.2, 0.25) is 5.95 Å². The summed E-state index contributed by atoms with van der Waals surface area (Å²) in [5.41, 5.74) is 7.66. The molecule has 0 bridgehead atoms. The Kier molecular flexibility index (Phi) is 4.99. The van der Waals surface area contributed by atoms with Gasteiger partial charge in [-0.3, -0.25) is 0 Å². The predicted molar refractivity (Wildman–Crippen MR) is 108 cm³/mol. The monoisotopic (exact) mass is 387 g/mol. The van der Waals surface area contributed by atoms with Gasteiger partial charge in [0.1, 0.15) is 11.6 Å². The summed E-state index contributed by atoms with van der Waals surface area (Å²) in [6.07, 6.45) is 0. The molecule has 0 saturated heterocycles. The summed E-state index contributed by atoms with van der Waals surface area (Å²) in [6, 6.07) is 10.0. The summed E-state index contributed by atoms with van der Waals surface area (Å²) in [4.78, 5) is 13.8. The third-order valence-electron chi connectivity index (χ3n) is 4.33. The molecule has 136 valence electrons. The largest absolute Gasteiger partial charge is 0.611 e. The van der Waals surface area contributed by atoms with Crippen molar-refractivity contribution in [3.8, 4) is 0 Å². The number of benzene rings is 1. The number of nitrogens with one attached hydrogen (secondary N) is 1. The number of aryl methyl sites for hydroxylation is 1. The Morgan fingerprint density at radius 2 is 2.19 bits per heavy atom. The van der Waals surface area contributed by atoms with Crippen LogP contribution in [0.25, 0.3) is 10.2 Å². The van der Waals surface area contributed by atoms with Crippen LogP contribution in [0.2, 0.25) is 0 Å². The van der Waals surface area contributed by atoms with E-state index in [1.165, 1.54) is 4.88 Å². The normalized spacial score (nSPS) is 17.2. The number of thiophene rings is 1. The highest BCUT2D eigenvalue weighted by Gasteiger charge is 2.25. The number of hydrogen-bond acceptors (Lipinski definition) is 7. The first-order valence-corrected chi connectivity index (χ1v) is 10.7. The van der Waals surface area contributed by atoms with Crippen molar-refractivity contribution < 1.29 is 4.55 Å². The molecule has 3 aromatic rings. The SMILES string of the molecule is Cc1cc2nc(N3CC[S+]([O-])c4ccccc4C3)nc(NCCN)c2s1. The third-order valence-corrected chi connectivity index (χ3v) is 6.82. The van der Waals surface area contributed by atoms with Gasteiger partial charge in [-0.15, -0.1) is 11.3 Å². The topological polar surface area (TPSA) is 90.1 Å². The zero-order valence-electron chi connectivity index (χ0n) is 14.6. The van der Waals surface area contributed by atoms with E-state index in [4.69, 9.17) is 15.7 Å². The van der Waals surface area contributed by atoms with Crippen molar-refractivity contribution in [3.05, 3.63) is 40.8 Å². The molecular formula is C18H21N5OS2. The van der Waals surface area contributed by atoms with E-state index >= 15 is 0 Å². The Balaban J connectivity index is 1.74. The lowest BCUT2D eigenvalue weighted by atomic mass is 10.2. The van der Waals surface area contributed by atoms with Crippen molar-refractivity contribution in [1.82, 2.24) is 9.97 Å². The molecule has 0 aliphatic carbocycles. The minimum atomic E-state index is -0.987. The molecule has 1 aliphatic heterocycles. The van der Waals surface area contributed by atoms with Crippen molar-refractivity contribution >= 4 is 44.5 Å². The fourth-order valence-electron chi connectivity index (χ4n) is 3.10. The number of nitrogens with zero attached hydrogens (tertiary/aromatic N) is 3. The fourth-order valence-corrected chi connectivity index (χ4v) is 5.28. The van der Waals surface area contributed by atoms with Gasteiger partial charge in [0, 0.05) is 23.5 Å². The van der Waals surface area contributed by atoms with E-state index in [2.05, 4.69) is 23.2 Å². The first-order valence-electron chi connectivity index (χ1n) is 8.59. The van der Waals surface area contributed by atoms with Crippen molar-refractivity contribution in [3.63, 3.8) is 0 Å². The molecular weight excluding hydrogens is 366 g/mol. The van der Waals surface area contributed by atoms with Gasteiger partial charge in [0.05, 0.1) is 23.3 Å². The van der Waals surface area contributed by atoms with Crippen molar-refractivity contribution in [1.29, 1.82) is 0 Å². The van der Waals surface area contributed by atoms with Gasteiger partial charge >= 0.3 is 0 Å². The van der Waals surface area contributed by atoms with Crippen LogP contribution in [0.5, 0.6) is 0 Å². The molecule has 6 nitrogen and oxygen atoms in total. The average Bonchev–Trinajstić information content (AvgIpc) is 2.94. The lowest BCUT2D eigenvalue weighted by Gasteiger charge is -2.20. The molecule has 2 aromatic heterocycles. The lowest BCUT2D eigenvalue weighted by Crippen LogP contribution is -2.27. The summed E-state index contributed by atoms with van der Waals surface area (Å²) < 4.78 is 13.6. The summed E-state index contributed by atoms with van der Waals surface area (Å²) in [5, 5.41) is 3.32. The van der Waals surface area contributed by atoms with E-state index in [0.29, 0.717) is 37.9 Å². The maximum absolute atomic E-state index is 12.5. The van der Waals surface area contributed by atoms with Crippen molar-refractivity contribution in [2.75, 3.05) is 35.6 Å². The molecule has 0 spiro atoms. The Morgan fingerprint density at radius 3 is 3.04 bits per heavy atom. The predicted octanol–water partition coefficient (Wildman–Crippen LogP) is 2.50. The molecule has 1 atom stereocenters. The van der Waals surface area contributed by atoms with E-state index < -0.39 is 11.2 Å². The summed E-state index contributed by atoms with van der Waals surface area (Å²) >= 11 is 0.695. The number of nitrogens with two attached hydrogens (primary N) is 1. The molecule has 1 aromatic carbocycles. The van der Waals surface area contributed by atoms with Crippen LogP contribution in [0.4, 0.5) is 11.8 Å². The van der Waals surface area contributed by atoms with Crippen molar-refractivity contribution in [2.45, 2.75) is 18.4 Å². The minimum Gasteiger partial charge on any atom is -0.611 e. The average molecular weight is 388 g/mol. The third kappa shape index (κ3) is 3.37. The van der Waals surface area contributed by atoms with Crippen LogP contribution in [0.3, 0.4) is 0 Å². The highest BCUT2D eigenvalue weighted by Crippen LogP contribution is 2.32. The zero-order chi connectivity index (χ0) is 18.1. The highest BCUT2D eigenvalue weighted by molar-refractivity contribution is 7.91. The van der Waals surface area contributed by atoms with Crippen LogP contribution in [0, 0.1) is 6.92 Å². The molecule has 0 fully saturated rings. The van der Waals surface area contributed by atoms with E-state index in [9.17, 15) is 4.55 Å². The molecule has 3 heterocycles. The van der Waals surface area contributed by atoms with Crippen LogP contribution < -0.4 is 16.0 Å². The standard InChI is InChI=1S/C18H21N5OS2/c1-12-10-14-16(25-12)17(20-7-6-19)22-18(21-14)23-8-9-26(24)15-5-3-2-4-13(15)11-23/h2-5,10H,6-9,11,19H2,1H3,(H,20,21,22). The number of rotatable bonds is 4. The summed E-state index contributed by atoms with van der Waals surface area (Å²) in [6.45, 7) is 4.60. The number of hydrogen-bond donors (Lipinski definition) is 2. The van der Waals surface area contributed by atoms with Gasteiger partial charge in [0.15, 0.2) is 4.90 Å². The van der Waals surface area contributed by atoms with Gasteiger partial charge in [-0.2, -0.15) is 4.98 Å². The number of aromatic nitrogens is 2. The van der Waals surface area contributed by atoms with E-state index in [-0.39, 0.29) is 0 Å². The molecule has 3 N–H and O–H groups in total.